The van der Waals surface area contributed by atoms with E-state index in [-0.39, 0.29) is 0 Å². The normalized spacial score (nSPS) is 10.6. The predicted molar refractivity (Wildman–Crippen MR) is 97.3 cm³/mol. The zero-order chi connectivity index (χ0) is 14.8. The lowest BCUT2D eigenvalue weighted by Crippen LogP contribution is -2.14. The molecule has 20 heavy (non-hydrogen) atoms. The third-order valence-electron chi connectivity index (χ3n) is 1.86. The van der Waals surface area contributed by atoms with Crippen LogP contribution in [0.1, 0.15) is 27.7 Å². The summed E-state index contributed by atoms with van der Waals surface area (Å²) < 4.78 is 4.13. The highest BCUT2D eigenvalue weighted by molar-refractivity contribution is 8.18. The number of rotatable bonds is 10. The third-order valence-corrected chi connectivity index (χ3v) is 5.75. The Morgan fingerprint density at radius 3 is 1.40 bits per heavy atom. The molecule has 0 atom stereocenters. The fourth-order valence-corrected chi connectivity index (χ4v) is 4.84. The molecular weight excluding hydrogens is 330 g/mol. The molecule has 0 aliphatic rings. The van der Waals surface area contributed by atoms with Crippen molar-refractivity contribution in [2.24, 2.45) is 0 Å². The maximum absolute atomic E-state index is 4.59. The third kappa shape index (κ3) is 5.79. The summed E-state index contributed by atoms with van der Waals surface area (Å²) in [6, 6.07) is 0. The van der Waals surface area contributed by atoms with Gasteiger partial charge in [-0.3, -0.25) is 0 Å². The molecule has 0 saturated carbocycles. The highest BCUT2D eigenvalue weighted by Crippen LogP contribution is 2.31. The lowest BCUT2D eigenvalue weighted by molar-refractivity contribution is 1.05. The molecule has 0 aromatic carbocycles. The zero-order valence-electron chi connectivity index (χ0n) is 12.3. The van der Waals surface area contributed by atoms with E-state index in [0.717, 1.165) is 23.0 Å². The molecule has 0 unspecified atom stereocenters. The lowest BCUT2D eigenvalue weighted by Gasteiger charge is -2.21. The Morgan fingerprint density at radius 2 is 1.10 bits per heavy atom. The fourth-order valence-electron chi connectivity index (χ4n) is 1.23. The van der Waals surface area contributed by atoms with Crippen LogP contribution in [-0.4, -0.2) is 38.0 Å². The standard InChI is InChI=1S/C11H21N5S4/c1-5-17-15(18-6-2)10-12-9-13-11(14-10)16(19-7-3)20-8-4/h9H,5-8H2,1-4H3. The molecule has 1 aromatic heterocycles. The van der Waals surface area contributed by atoms with Crippen LogP contribution in [0.4, 0.5) is 11.9 Å². The van der Waals surface area contributed by atoms with E-state index in [4.69, 9.17) is 0 Å². The molecule has 9 heteroatoms. The molecule has 0 amide bonds. The van der Waals surface area contributed by atoms with Crippen LogP contribution in [0.5, 0.6) is 0 Å². The largest absolute Gasteiger partial charge is 0.251 e. The molecule has 0 bridgehead atoms. The Balaban J connectivity index is 2.90. The topological polar surface area (TPSA) is 45.2 Å². The maximum atomic E-state index is 4.59. The second-order valence-corrected chi connectivity index (χ2v) is 8.54. The van der Waals surface area contributed by atoms with Crippen molar-refractivity contribution >= 4 is 59.7 Å². The Kier molecular flexibility index (Phi) is 9.66. The summed E-state index contributed by atoms with van der Waals surface area (Å²) in [5.41, 5.74) is 0. The number of hydrogen-bond acceptors (Lipinski definition) is 9. The number of anilines is 2. The van der Waals surface area contributed by atoms with Crippen molar-refractivity contribution in [2.75, 3.05) is 30.4 Å². The average molecular weight is 352 g/mol. The van der Waals surface area contributed by atoms with Crippen LogP contribution in [0, 0.1) is 0 Å². The van der Waals surface area contributed by atoms with Crippen molar-refractivity contribution in [3.05, 3.63) is 6.33 Å². The van der Waals surface area contributed by atoms with Crippen molar-refractivity contribution in [2.45, 2.75) is 27.7 Å². The summed E-state index contributed by atoms with van der Waals surface area (Å²) >= 11 is 6.85. The number of aromatic nitrogens is 3. The molecule has 114 valence electrons. The number of hydrogen-bond donors (Lipinski definition) is 0. The molecule has 0 spiro atoms. The highest BCUT2D eigenvalue weighted by Gasteiger charge is 2.15. The first-order valence-corrected chi connectivity index (χ1v) is 10.3. The molecule has 0 radical (unpaired) electrons. The summed E-state index contributed by atoms with van der Waals surface area (Å²) in [6.45, 7) is 8.51. The Hall–Kier alpha value is 0.01000. The molecule has 1 rings (SSSR count). The first-order valence-electron chi connectivity index (χ1n) is 6.57. The Labute approximate surface area is 139 Å². The van der Waals surface area contributed by atoms with Crippen LogP contribution < -0.4 is 7.42 Å². The molecule has 5 nitrogen and oxygen atoms in total. The molecule has 0 aliphatic heterocycles. The van der Waals surface area contributed by atoms with E-state index in [1.165, 1.54) is 0 Å². The first-order chi connectivity index (χ1) is 9.76. The van der Waals surface area contributed by atoms with Gasteiger partial charge in [0.25, 0.3) is 11.9 Å². The van der Waals surface area contributed by atoms with Crippen LogP contribution in [0.15, 0.2) is 6.33 Å². The van der Waals surface area contributed by atoms with Gasteiger partial charge in [-0.1, -0.05) is 27.7 Å². The van der Waals surface area contributed by atoms with Gasteiger partial charge >= 0.3 is 0 Å². The monoisotopic (exact) mass is 351 g/mol. The van der Waals surface area contributed by atoms with Gasteiger partial charge < -0.3 is 0 Å². The van der Waals surface area contributed by atoms with E-state index < -0.39 is 0 Å². The van der Waals surface area contributed by atoms with Crippen LogP contribution in [0.2, 0.25) is 0 Å². The van der Waals surface area contributed by atoms with Gasteiger partial charge in [0.2, 0.25) is 0 Å². The van der Waals surface area contributed by atoms with Crippen LogP contribution >= 0.6 is 47.8 Å². The maximum Gasteiger partial charge on any atom is 0.251 e. The van der Waals surface area contributed by atoms with E-state index in [2.05, 4.69) is 50.1 Å². The Morgan fingerprint density at radius 1 is 0.750 bits per heavy atom. The van der Waals surface area contributed by atoms with Crippen molar-refractivity contribution in [1.82, 2.24) is 15.0 Å². The molecule has 1 heterocycles. The minimum Gasteiger partial charge on any atom is -0.225 e. The summed E-state index contributed by atoms with van der Waals surface area (Å²) in [5.74, 6) is 5.39. The van der Waals surface area contributed by atoms with Gasteiger partial charge in [-0.15, -0.1) is 0 Å². The Bertz CT molecular complexity index is 338. The van der Waals surface area contributed by atoms with E-state index in [1.807, 2.05) is 0 Å². The van der Waals surface area contributed by atoms with Gasteiger partial charge in [0, 0.05) is 23.0 Å². The molecule has 0 N–H and O–H groups in total. The zero-order valence-corrected chi connectivity index (χ0v) is 15.5. The van der Waals surface area contributed by atoms with Gasteiger partial charge in [-0.25, -0.2) is 7.42 Å². The van der Waals surface area contributed by atoms with Gasteiger partial charge in [-0.05, 0) is 47.8 Å². The van der Waals surface area contributed by atoms with Crippen molar-refractivity contribution < 1.29 is 0 Å². The molecular formula is C11H21N5S4. The SMILES string of the molecule is CCSN(SCC)c1ncnc(N(SCC)SCC)n1. The molecule has 1 aromatic rings. The predicted octanol–water partition coefficient (Wildman–Crippen LogP) is 4.16. The number of nitrogens with zero attached hydrogens (tertiary/aromatic N) is 5. The van der Waals surface area contributed by atoms with Crippen LogP contribution in [-0.2, 0) is 0 Å². The highest BCUT2D eigenvalue weighted by atomic mass is 32.2. The first kappa shape index (κ1) is 18.1. The van der Waals surface area contributed by atoms with Gasteiger partial charge in [0.15, 0.2) is 0 Å². The molecule has 0 saturated heterocycles. The van der Waals surface area contributed by atoms with Crippen molar-refractivity contribution in [3.63, 3.8) is 0 Å². The molecule has 0 aliphatic carbocycles. The second kappa shape index (κ2) is 10.7. The van der Waals surface area contributed by atoms with E-state index in [1.54, 1.807) is 54.1 Å². The minimum atomic E-state index is 0.715. The van der Waals surface area contributed by atoms with Gasteiger partial charge in [0.1, 0.15) is 6.33 Å². The summed E-state index contributed by atoms with van der Waals surface area (Å²) in [6.07, 6.45) is 1.59. The van der Waals surface area contributed by atoms with Crippen molar-refractivity contribution in [1.29, 1.82) is 0 Å². The van der Waals surface area contributed by atoms with Crippen LogP contribution in [0.3, 0.4) is 0 Å². The summed E-state index contributed by atoms with van der Waals surface area (Å²) in [5, 5.41) is 0. The smallest absolute Gasteiger partial charge is 0.225 e. The van der Waals surface area contributed by atoms with Crippen LogP contribution in [0.25, 0.3) is 0 Å². The minimum absolute atomic E-state index is 0.715. The van der Waals surface area contributed by atoms with Crippen molar-refractivity contribution in [3.8, 4) is 0 Å². The lowest BCUT2D eigenvalue weighted by atomic mass is 10.9. The second-order valence-electron chi connectivity index (χ2n) is 3.27. The fraction of sp³-hybridized carbons (Fsp3) is 0.727. The van der Waals surface area contributed by atoms with E-state index in [0.29, 0.717) is 11.9 Å². The average Bonchev–Trinajstić information content (AvgIpc) is 2.47. The van der Waals surface area contributed by atoms with E-state index >= 15 is 0 Å². The summed E-state index contributed by atoms with van der Waals surface area (Å²) in [7, 11) is 0. The van der Waals surface area contributed by atoms with Gasteiger partial charge in [-0.2, -0.15) is 15.0 Å². The summed E-state index contributed by atoms with van der Waals surface area (Å²) in [4.78, 5) is 13.2. The quantitative estimate of drug-likeness (QED) is 0.578. The van der Waals surface area contributed by atoms with Gasteiger partial charge in [0.05, 0.1) is 0 Å². The van der Waals surface area contributed by atoms with E-state index in [9.17, 15) is 0 Å². The molecule has 0 fully saturated rings.